The van der Waals surface area contributed by atoms with E-state index in [1.165, 1.54) is 48.2 Å². The van der Waals surface area contributed by atoms with Gasteiger partial charge in [-0.3, -0.25) is 19.7 Å². The van der Waals surface area contributed by atoms with Crippen LogP contribution >= 0.6 is 11.8 Å². The van der Waals surface area contributed by atoms with Crippen molar-refractivity contribution >= 4 is 29.3 Å². The highest BCUT2D eigenvalue weighted by atomic mass is 32.2. The highest BCUT2D eigenvalue weighted by molar-refractivity contribution is 7.98. The summed E-state index contributed by atoms with van der Waals surface area (Å²) in [4.78, 5) is 37.8. The summed E-state index contributed by atoms with van der Waals surface area (Å²) in [6.07, 6.45) is 2.28. The van der Waals surface area contributed by atoms with E-state index in [1.54, 1.807) is 12.1 Å². The van der Waals surface area contributed by atoms with E-state index in [4.69, 9.17) is 0 Å². The zero-order chi connectivity index (χ0) is 23.7. The lowest BCUT2D eigenvalue weighted by Crippen LogP contribution is -2.48. The van der Waals surface area contributed by atoms with Crippen molar-refractivity contribution in [2.24, 2.45) is 0 Å². The number of benzene rings is 2. The summed E-state index contributed by atoms with van der Waals surface area (Å²) in [5.74, 6) is -0.665. The van der Waals surface area contributed by atoms with Crippen LogP contribution in [0.1, 0.15) is 28.4 Å². The molecule has 0 heterocycles. The van der Waals surface area contributed by atoms with Crippen LogP contribution in [0, 0.1) is 15.9 Å². The third-order valence-electron chi connectivity index (χ3n) is 4.88. The predicted molar refractivity (Wildman–Crippen MR) is 123 cm³/mol. The van der Waals surface area contributed by atoms with Gasteiger partial charge in [-0.25, -0.2) is 4.39 Å². The molecule has 0 saturated heterocycles. The first kappa shape index (κ1) is 25.3. The number of non-ortho nitro benzene ring substituents is 1. The van der Waals surface area contributed by atoms with Crippen molar-refractivity contribution in [3.63, 3.8) is 0 Å². The molecule has 0 spiro atoms. The zero-order valence-electron chi connectivity index (χ0n) is 18.2. The predicted octanol–water partition coefficient (Wildman–Crippen LogP) is 3.00. The molecule has 2 N–H and O–H groups in total. The number of nitro benzene ring substituents is 1. The normalized spacial score (nSPS) is 12.8. The van der Waals surface area contributed by atoms with Gasteiger partial charge < -0.3 is 15.5 Å². The Morgan fingerprint density at radius 3 is 2.53 bits per heavy atom. The number of hydrogen-bond acceptors (Lipinski definition) is 6. The fraction of sp³-hybridized carbons (Fsp3) is 0.364. The lowest BCUT2D eigenvalue weighted by atomic mass is 10.1. The van der Waals surface area contributed by atoms with E-state index in [0.717, 1.165) is 5.56 Å². The highest BCUT2D eigenvalue weighted by Crippen LogP contribution is 2.18. The van der Waals surface area contributed by atoms with Crippen molar-refractivity contribution in [3.8, 4) is 0 Å². The van der Waals surface area contributed by atoms with E-state index in [0.29, 0.717) is 12.2 Å². The summed E-state index contributed by atoms with van der Waals surface area (Å²) in [5, 5.41) is 16.5. The standard InChI is InChI=1S/C22H27FN4O4S/c1-26(2)20(15-6-4-8-17(23)12-15)14-24-22(29)19(10-11-32-3)25-21(28)16-7-5-9-18(13-16)27(30)31/h4-9,12-13,19-20H,10-11,14H2,1-3H3,(H,24,29)(H,25,28). The van der Waals surface area contributed by atoms with Crippen LogP contribution in [-0.4, -0.2) is 60.3 Å². The van der Waals surface area contributed by atoms with Crippen LogP contribution in [0.25, 0.3) is 0 Å². The maximum Gasteiger partial charge on any atom is 0.270 e. The minimum atomic E-state index is -0.815. The molecular formula is C22H27FN4O4S. The average molecular weight is 463 g/mol. The summed E-state index contributed by atoms with van der Waals surface area (Å²) in [6.45, 7) is 0.220. The van der Waals surface area contributed by atoms with E-state index in [2.05, 4.69) is 10.6 Å². The van der Waals surface area contributed by atoms with Gasteiger partial charge in [-0.05, 0) is 56.3 Å². The maximum absolute atomic E-state index is 13.6. The van der Waals surface area contributed by atoms with Gasteiger partial charge in [0.2, 0.25) is 5.91 Å². The monoisotopic (exact) mass is 462 g/mol. The number of nitrogens with one attached hydrogen (secondary N) is 2. The number of amides is 2. The number of thioether (sulfide) groups is 1. The van der Waals surface area contributed by atoms with E-state index in [1.807, 2.05) is 25.3 Å². The summed E-state index contributed by atoms with van der Waals surface area (Å²) in [7, 11) is 3.66. The number of likely N-dealkylation sites (N-methyl/N-ethyl adjacent to an activating group) is 1. The summed E-state index contributed by atoms with van der Waals surface area (Å²) >= 11 is 1.53. The fourth-order valence-corrected chi connectivity index (χ4v) is 3.61. The second-order valence-electron chi connectivity index (χ2n) is 7.39. The van der Waals surface area contributed by atoms with Gasteiger partial charge in [-0.2, -0.15) is 11.8 Å². The van der Waals surface area contributed by atoms with Gasteiger partial charge in [-0.15, -0.1) is 0 Å². The third-order valence-corrected chi connectivity index (χ3v) is 5.52. The molecule has 2 amide bonds. The van der Waals surface area contributed by atoms with Crippen molar-refractivity contribution in [1.82, 2.24) is 15.5 Å². The van der Waals surface area contributed by atoms with Gasteiger partial charge in [0.25, 0.3) is 11.6 Å². The number of nitrogens with zero attached hydrogens (tertiary/aromatic N) is 2. The molecule has 10 heteroatoms. The van der Waals surface area contributed by atoms with E-state index in [9.17, 15) is 24.1 Å². The number of nitro groups is 1. The average Bonchev–Trinajstić information content (AvgIpc) is 2.76. The van der Waals surface area contributed by atoms with Crippen LogP contribution in [0.5, 0.6) is 0 Å². The molecule has 2 rings (SSSR count). The molecule has 0 bridgehead atoms. The number of carbonyl (C=O) groups is 2. The molecule has 0 aliphatic heterocycles. The Labute approximate surface area is 190 Å². The number of halogens is 1. The Bertz CT molecular complexity index is 957. The van der Waals surface area contributed by atoms with E-state index < -0.39 is 16.9 Å². The molecule has 0 aromatic heterocycles. The lowest BCUT2D eigenvalue weighted by Gasteiger charge is -2.26. The number of rotatable bonds is 11. The van der Waals surface area contributed by atoms with Crippen LogP contribution < -0.4 is 10.6 Å². The first-order chi connectivity index (χ1) is 15.2. The van der Waals surface area contributed by atoms with Gasteiger partial charge in [0.1, 0.15) is 11.9 Å². The van der Waals surface area contributed by atoms with Gasteiger partial charge in [0.15, 0.2) is 0 Å². The largest absolute Gasteiger partial charge is 0.352 e. The molecule has 0 aliphatic rings. The Hall–Kier alpha value is -2.98. The van der Waals surface area contributed by atoms with Gasteiger partial charge in [-0.1, -0.05) is 18.2 Å². The van der Waals surface area contributed by atoms with Crippen LogP contribution in [0.4, 0.5) is 10.1 Å². The Kier molecular flexibility index (Phi) is 9.61. The van der Waals surface area contributed by atoms with Gasteiger partial charge in [0.05, 0.1) is 11.0 Å². The summed E-state index contributed by atoms with van der Waals surface area (Å²) < 4.78 is 13.6. The second-order valence-corrected chi connectivity index (χ2v) is 8.38. The molecule has 32 heavy (non-hydrogen) atoms. The topological polar surface area (TPSA) is 105 Å². The fourth-order valence-electron chi connectivity index (χ4n) is 3.14. The van der Waals surface area contributed by atoms with Crippen molar-refractivity contribution in [1.29, 1.82) is 0 Å². The minimum absolute atomic E-state index is 0.104. The highest BCUT2D eigenvalue weighted by Gasteiger charge is 2.24. The molecule has 2 atom stereocenters. The first-order valence-electron chi connectivity index (χ1n) is 9.96. The number of carbonyl (C=O) groups excluding carboxylic acids is 2. The van der Waals surface area contributed by atoms with E-state index in [-0.39, 0.29) is 35.6 Å². The third kappa shape index (κ3) is 7.31. The lowest BCUT2D eigenvalue weighted by molar-refractivity contribution is -0.384. The van der Waals surface area contributed by atoms with Crippen molar-refractivity contribution in [2.75, 3.05) is 32.6 Å². The summed E-state index contributed by atoms with van der Waals surface area (Å²) in [5.41, 5.74) is 0.621. The van der Waals surface area contributed by atoms with Crippen LogP contribution in [0.3, 0.4) is 0 Å². The van der Waals surface area contributed by atoms with Crippen molar-refractivity contribution in [3.05, 3.63) is 75.6 Å². The van der Waals surface area contributed by atoms with Crippen LogP contribution in [-0.2, 0) is 4.79 Å². The zero-order valence-corrected chi connectivity index (χ0v) is 19.0. The van der Waals surface area contributed by atoms with Crippen LogP contribution in [0.15, 0.2) is 48.5 Å². The van der Waals surface area contributed by atoms with E-state index >= 15 is 0 Å². The molecule has 8 nitrogen and oxygen atoms in total. The molecular weight excluding hydrogens is 435 g/mol. The maximum atomic E-state index is 13.6. The quantitative estimate of drug-likeness (QED) is 0.393. The summed E-state index contributed by atoms with van der Waals surface area (Å²) in [6, 6.07) is 10.4. The van der Waals surface area contributed by atoms with Crippen molar-refractivity contribution in [2.45, 2.75) is 18.5 Å². The molecule has 2 unspecified atom stereocenters. The molecule has 2 aromatic rings. The Balaban J connectivity index is 2.10. The van der Waals surface area contributed by atoms with Gasteiger partial charge in [0, 0.05) is 24.2 Å². The second kappa shape index (κ2) is 12.2. The van der Waals surface area contributed by atoms with Gasteiger partial charge >= 0.3 is 0 Å². The molecule has 0 fully saturated rings. The molecule has 2 aromatic carbocycles. The smallest absolute Gasteiger partial charge is 0.270 e. The molecule has 0 radical (unpaired) electrons. The Morgan fingerprint density at radius 1 is 1.19 bits per heavy atom. The first-order valence-corrected chi connectivity index (χ1v) is 11.4. The van der Waals surface area contributed by atoms with Crippen molar-refractivity contribution < 1.29 is 18.9 Å². The Morgan fingerprint density at radius 2 is 1.91 bits per heavy atom. The minimum Gasteiger partial charge on any atom is -0.352 e. The molecule has 0 aliphatic carbocycles. The molecule has 172 valence electrons. The molecule has 0 saturated carbocycles. The van der Waals surface area contributed by atoms with Crippen LogP contribution in [0.2, 0.25) is 0 Å². The SMILES string of the molecule is CSCCC(NC(=O)c1cccc([N+](=O)[O-])c1)C(=O)NCC(c1cccc(F)c1)N(C)C. The number of hydrogen-bond donors (Lipinski definition) is 2.